The van der Waals surface area contributed by atoms with Gasteiger partial charge in [0.15, 0.2) is 0 Å². The minimum Gasteiger partial charge on any atom is -0.298 e. The third-order valence-corrected chi connectivity index (χ3v) is 6.74. The lowest BCUT2D eigenvalue weighted by molar-refractivity contribution is 0.0323. The first-order valence-corrected chi connectivity index (χ1v) is 8.89. The first-order valence-electron chi connectivity index (χ1n) is 7.76. The summed E-state index contributed by atoms with van der Waals surface area (Å²) in [6.45, 7) is 7.76. The van der Waals surface area contributed by atoms with E-state index in [0.717, 1.165) is 12.1 Å². The molecule has 2 unspecified atom stereocenters. The van der Waals surface area contributed by atoms with Crippen molar-refractivity contribution in [3.05, 3.63) is 0 Å². The second-order valence-electron chi connectivity index (χ2n) is 6.91. The van der Waals surface area contributed by atoms with Gasteiger partial charge in [-0.3, -0.25) is 9.80 Å². The number of rotatable bonds is 3. The monoisotopic (exact) mass is 314 g/mol. The highest BCUT2D eigenvalue weighted by Crippen LogP contribution is 2.41. The molecule has 3 heteroatoms. The molecule has 2 nitrogen and oxygen atoms in total. The molecular weight excluding hydrogens is 288 g/mol. The zero-order valence-electron chi connectivity index (χ0n) is 11.7. The normalized spacial score (nSPS) is 37.0. The van der Waals surface area contributed by atoms with Crippen LogP contribution in [0, 0.1) is 5.41 Å². The fraction of sp³-hybridized carbons (Fsp3) is 1.00. The zero-order valence-corrected chi connectivity index (χ0v) is 13.3. The van der Waals surface area contributed by atoms with Crippen LogP contribution >= 0.6 is 15.9 Å². The highest BCUT2D eigenvalue weighted by atomic mass is 79.9. The van der Waals surface area contributed by atoms with E-state index in [-0.39, 0.29) is 0 Å². The Morgan fingerprint density at radius 3 is 2.67 bits per heavy atom. The van der Waals surface area contributed by atoms with E-state index >= 15 is 0 Å². The van der Waals surface area contributed by atoms with E-state index < -0.39 is 0 Å². The molecule has 0 aromatic rings. The largest absolute Gasteiger partial charge is 0.298 e. The average Bonchev–Trinajstić information content (AvgIpc) is 2.99. The molecule has 0 amide bonds. The van der Waals surface area contributed by atoms with E-state index in [2.05, 4.69) is 32.7 Å². The average molecular weight is 315 g/mol. The van der Waals surface area contributed by atoms with Gasteiger partial charge in [0.25, 0.3) is 0 Å². The summed E-state index contributed by atoms with van der Waals surface area (Å²) in [7, 11) is 0. The molecule has 0 radical (unpaired) electrons. The molecule has 2 aliphatic heterocycles. The van der Waals surface area contributed by atoms with Crippen LogP contribution in [-0.2, 0) is 0 Å². The van der Waals surface area contributed by atoms with E-state index in [1.807, 2.05) is 0 Å². The summed E-state index contributed by atoms with van der Waals surface area (Å²) < 4.78 is 0. The smallest absolute Gasteiger partial charge is 0.0224 e. The second-order valence-corrected chi connectivity index (χ2v) is 7.47. The molecule has 3 aliphatic rings. The van der Waals surface area contributed by atoms with Gasteiger partial charge in [-0.05, 0) is 44.6 Å². The van der Waals surface area contributed by atoms with Crippen molar-refractivity contribution in [2.45, 2.75) is 57.5 Å². The Morgan fingerprint density at radius 2 is 1.94 bits per heavy atom. The van der Waals surface area contributed by atoms with Crippen LogP contribution in [0.2, 0.25) is 0 Å². The first-order chi connectivity index (χ1) is 8.72. The minimum atomic E-state index is 0.592. The first kappa shape index (κ1) is 13.4. The minimum absolute atomic E-state index is 0.592. The summed E-state index contributed by atoms with van der Waals surface area (Å²) in [6, 6.07) is 1.63. The van der Waals surface area contributed by atoms with Crippen molar-refractivity contribution in [3.63, 3.8) is 0 Å². The molecule has 2 saturated heterocycles. The van der Waals surface area contributed by atoms with Crippen molar-refractivity contribution in [2.24, 2.45) is 5.41 Å². The van der Waals surface area contributed by atoms with Crippen molar-refractivity contribution in [3.8, 4) is 0 Å². The van der Waals surface area contributed by atoms with Crippen LogP contribution in [0.15, 0.2) is 0 Å². The number of nitrogens with zero attached hydrogens (tertiary/aromatic N) is 2. The second kappa shape index (κ2) is 5.41. The molecule has 1 saturated carbocycles. The van der Waals surface area contributed by atoms with Gasteiger partial charge in [-0.15, -0.1) is 0 Å². The van der Waals surface area contributed by atoms with E-state index in [1.54, 1.807) is 0 Å². The van der Waals surface area contributed by atoms with Crippen molar-refractivity contribution in [2.75, 3.05) is 31.5 Å². The molecule has 0 spiro atoms. The summed E-state index contributed by atoms with van der Waals surface area (Å²) in [6.07, 6.45) is 8.64. The predicted octanol–water partition coefficient (Wildman–Crippen LogP) is 3.11. The Hall–Kier alpha value is 0.400. The van der Waals surface area contributed by atoms with Crippen LogP contribution in [0.4, 0.5) is 0 Å². The summed E-state index contributed by atoms with van der Waals surface area (Å²) >= 11 is 3.80. The highest BCUT2D eigenvalue weighted by Gasteiger charge is 2.40. The summed E-state index contributed by atoms with van der Waals surface area (Å²) in [5, 5.41) is 1.21. The summed E-state index contributed by atoms with van der Waals surface area (Å²) in [5.41, 5.74) is 0.592. The number of fused-ring (bicyclic) bond motifs is 1. The predicted molar refractivity (Wildman–Crippen MR) is 80.3 cm³/mol. The topological polar surface area (TPSA) is 6.48 Å². The van der Waals surface area contributed by atoms with Gasteiger partial charge in [0, 0.05) is 37.0 Å². The van der Waals surface area contributed by atoms with E-state index in [4.69, 9.17) is 0 Å². The van der Waals surface area contributed by atoms with Crippen LogP contribution in [0.5, 0.6) is 0 Å². The van der Waals surface area contributed by atoms with Crippen LogP contribution < -0.4 is 0 Å². The maximum Gasteiger partial charge on any atom is 0.0224 e. The lowest BCUT2D eigenvalue weighted by Gasteiger charge is -2.45. The molecule has 0 aromatic carbocycles. The third kappa shape index (κ3) is 2.51. The fourth-order valence-electron chi connectivity index (χ4n) is 4.36. The molecule has 2 heterocycles. The van der Waals surface area contributed by atoms with Crippen LogP contribution in [0.3, 0.4) is 0 Å². The van der Waals surface area contributed by atoms with E-state index in [9.17, 15) is 0 Å². The third-order valence-electron chi connectivity index (χ3n) is 5.55. The van der Waals surface area contributed by atoms with Gasteiger partial charge in [0.2, 0.25) is 0 Å². The maximum absolute atomic E-state index is 3.80. The SMILES string of the molecule is CC1CN2CCCC2CN1CC1(CBr)CCCC1. The van der Waals surface area contributed by atoms with Crippen molar-refractivity contribution < 1.29 is 0 Å². The van der Waals surface area contributed by atoms with Gasteiger partial charge in [0.1, 0.15) is 0 Å². The van der Waals surface area contributed by atoms with Gasteiger partial charge < -0.3 is 0 Å². The van der Waals surface area contributed by atoms with Crippen molar-refractivity contribution in [1.82, 2.24) is 9.80 Å². The quantitative estimate of drug-likeness (QED) is 0.739. The molecule has 104 valence electrons. The standard InChI is InChI=1S/C15H27BrN2/c1-13-9-17-8-4-5-14(17)10-18(13)12-15(11-16)6-2-3-7-15/h13-14H,2-12H2,1H3. The Morgan fingerprint density at radius 1 is 1.17 bits per heavy atom. The Labute approximate surface area is 120 Å². The lowest BCUT2D eigenvalue weighted by Crippen LogP contribution is -2.57. The Balaban J connectivity index is 1.64. The van der Waals surface area contributed by atoms with E-state index in [0.29, 0.717) is 5.41 Å². The molecule has 2 atom stereocenters. The Kier molecular flexibility index (Phi) is 4.03. The molecular formula is C15H27BrN2. The van der Waals surface area contributed by atoms with Gasteiger partial charge in [0.05, 0.1) is 0 Å². The number of halogens is 1. The lowest BCUT2D eigenvalue weighted by atomic mass is 9.87. The number of hydrogen-bond donors (Lipinski definition) is 0. The maximum atomic E-state index is 3.80. The molecule has 3 fully saturated rings. The summed E-state index contributed by atoms with van der Waals surface area (Å²) in [5.74, 6) is 0. The molecule has 0 bridgehead atoms. The Bertz CT molecular complexity index is 288. The number of piperazine rings is 1. The van der Waals surface area contributed by atoms with Crippen molar-refractivity contribution in [1.29, 1.82) is 0 Å². The molecule has 0 aromatic heterocycles. The van der Waals surface area contributed by atoms with Crippen LogP contribution in [0.25, 0.3) is 0 Å². The van der Waals surface area contributed by atoms with Gasteiger partial charge >= 0.3 is 0 Å². The fourth-order valence-corrected chi connectivity index (χ4v) is 5.10. The highest BCUT2D eigenvalue weighted by molar-refractivity contribution is 9.09. The van der Waals surface area contributed by atoms with Gasteiger partial charge in [-0.1, -0.05) is 28.8 Å². The van der Waals surface area contributed by atoms with Gasteiger partial charge in [-0.25, -0.2) is 0 Å². The van der Waals surface area contributed by atoms with Crippen LogP contribution in [0.1, 0.15) is 45.4 Å². The number of hydrogen-bond acceptors (Lipinski definition) is 2. The molecule has 0 N–H and O–H groups in total. The number of alkyl halides is 1. The van der Waals surface area contributed by atoms with E-state index in [1.165, 1.54) is 70.0 Å². The molecule has 3 rings (SSSR count). The molecule has 1 aliphatic carbocycles. The van der Waals surface area contributed by atoms with Crippen LogP contribution in [-0.4, -0.2) is 53.4 Å². The van der Waals surface area contributed by atoms with Gasteiger partial charge in [-0.2, -0.15) is 0 Å². The summed E-state index contributed by atoms with van der Waals surface area (Å²) in [4.78, 5) is 5.54. The van der Waals surface area contributed by atoms with Crippen molar-refractivity contribution >= 4 is 15.9 Å². The zero-order chi connectivity index (χ0) is 12.6. The molecule has 18 heavy (non-hydrogen) atoms.